The Hall–Kier alpha value is -0.730. The van der Waals surface area contributed by atoms with Gasteiger partial charge in [-0.3, -0.25) is 0 Å². The number of fused-ring (bicyclic) bond motifs is 2. The molecule has 2 aliphatic heterocycles. The summed E-state index contributed by atoms with van der Waals surface area (Å²) in [5, 5.41) is 4.53. The van der Waals surface area contributed by atoms with Gasteiger partial charge in [0.2, 0.25) is 0 Å². The molecule has 2 fully saturated rings. The lowest BCUT2D eigenvalue weighted by molar-refractivity contribution is 0.361. The molecule has 2 nitrogen and oxygen atoms in total. The zero-order valence-corrected chi connectivity index (χ0v) is 12.6. The molecule has 2 aliphatic rings. The largest absolute Gasteiger partial charge is 0.364 e. The minimum absolute atomic E-state index is 0.669. The van der Waals surface area contributed by atoms with Gasteiger partial charge in [-0.15, -0.1) is 0 Å². The fourth-order valence-corrected chi connectivity index (χ4v) is 4.06. The number of piperidine rings is 1. The maximum Gasteiger partial charge on any atom is 0.0639 e. The smallest absolute Gasteiger partial charge is 0.0639 e. The summed E-state index contributed by atoms with van der Waals surface area (Å²) in [6, 6.07) is 8.43. The first kappa shape index (κ1) is 13.3. The van der Waals surface area contributed by atoms with E-state index in [4.69, 9.17) is 11.6 Å². The summed E-state index contributed by atoms with van der Waals surface area (Å²) in [5.41, 5.74) is 2.55. The number of benzene rings is 1. The lowest BCUT2D eigenvalue weighted by Crippen LogP contribution is -2.49. The molecule has 0 amide bonds. The van der Waals surface area contributed by atoms with Gasteiger partial charge in [-0.05, 0) is 56.8 Å². The van der Waals surface area contributed by atoms with E-state index in [0.29, 0.717) is 18.1 Å². The van der Waals surface area contributed by atoms with Crippen LogP contribution in [0.25, 0.3) is 0 Å². The molecule has 2 atom stereocenters. The van der Waals surface area contributed by atoms with Crippen LogP contribution < -0.4 is 10.2 Å². The van der Waals surface area contributed by atoms with E-state index >= 15 is 0 Å². The molecule has 0 aliphatic carbocycles. The van der Waals surface area contributed by atoms with Gasteiger partial charge in [0.05, 0.1) is 10.7 Å². The van der Waals surface area contributed by atoms with E-state index in [0.717, 1.165) is 11.6 Å². The van der Waals surface area contributed by atoms with Crippen LogP contribution in [0.3, 0.4) is 0 Å². The summed E-state index contributed by atoms with van der Waals surface area (Å²) < 4.78 is 0. The van der Waals surface area contributed by atoms with Crippen molar-refractivity contribution < 1.29 is 0 Å². The molecule has 0 spiro atoms. The highest BCUT2D eigenvalue weighted by atomic mass is 35.5. The summed E-state index contributed by atoms with van der Waals surface area (Å²) in [7, 11) is 0. The molecule has 0 aromatic heterocycles. The van der Waals surface area contributed by atoms with Crippen molar-refractivity contribution in [2.24, 2.45) is 0 Å². The number of hydrogen-bond donors (Lipinski definition) is 1. The molecular formula is C16H23ClN2. The van der Waals surface area contributed by atoms with Crippen LogP contribution in [0.5, 0.6) is 0 Å². The fourth-order valence-electron chi connectivity index (χ4n) is 3.85. The van der Waals surface area contributed by atoms with Gasteiger partial charge in [-0.1, -0.05) is 24.6 Å². The number of aryl methyl sites for hydroxylation is 1. The molecule has 2 saturated heterocycles. The Morgan fingerprint density at radius 1 is 1.26 bits per heavy atom. The first-order chi connectivity index (χ1) is 9.19. The number of hydrogen-bond acceptors (Lipinski definition) is 2. The first-order valence-electron chi connectivity index (χ1n) is 7.47. The molecular weight excluding hydrogens is 256 g/mol. The average Bonchev–Trinajstić information content (AvgIpc) is 2.64. The van der Waals surface area contributed by atoms with Crippen LogP contribution in [-0.2, 0) is 0 Å². The summed E-state index contributed by atoms with van der Waals surface area (Å²) in [6.45, 7) is 5.42. The van der Waals surface area contributed by atoms with Crippen molar-refractivity contribution >= 4 is 17.3 Å². The number of nitrogens with one attached hydrogen (secondary N) is 1. The van der Waals surface area contributed by atoms with Crippen LogP contribution in [0, 0.1) is 6.92 Å². The zero-order chi connectivity index (χ0) is 13.4. The van der Waals surface area contributed by atoms with Crippen LogP contribution in [0.4, 0.5) is 5.69 Å². The maximum atomic E-state index is 6.43. The molecule has 1 aromatic carbocycles. The second kappa shape index (κ2) is 5.34. The minimum Gasteiger partial charge on any atom is -0.364 e. The zero-order valence-electron chi connectivity index (χ0n) is 11.8. The number of halogens is 1. The third-order valence-corrected chi connectivity index (χ3v) is 4.93. The average molecular weight is 279 g/mol. The van der Waals surface area contributed by atoms with E-state index in [1.807, 2.05) is 6.07 Å². The molecule has 2 bridgehead atoms. The molecule has 3 rings (SSSR count). The van der Waals surface area contributed by atoms with Crippen LogP contribution >= 0.6 is 11.6 Å². The Bertz CT molecular complexity index is 446. The van der Waals surface area contributed by atoms with Crippen molar-refractivity contribution in [1.82, 2.24) is 5.32 Å². The third kappa shape index (κ3) is 2.48. The van der Waals surface area contributed by atoms with Crippen molar-refractivity contribution in [3.63, 3.8) is 0 Å². The van der Waals surface area contributed by atoms with Crippen LogP contribution in [0.15, 0.2) is 18.2 Å². The van der Waals surface area contributed by atoms with Crippen molar-refractivity contribution in [2.45, 2.75) is 57.7 Å². The van der Waals surface area contributed by atoms with Crippen molar-refractivity contribution in [3.8, 4) is 0 Å². The number of rotatable bonds is 3. The van der Waals surface area contributed by atoms with E-state index in [1.165, 1.54) is 36.9 Å². The molecule has 1 N–H and O–H groups in total. The van der Waals surface area contributed by atoms with Gasteiger partial charge in [0, 0.05) is 18.1 Å². The summed E-state index contributed by atoms with van der Waals surface area (Å²) in [5.74, 6) is 0. The Morgan fingerprint density at radius 3 is 2.58 bits per heavy atom. The summed E-state index contributed by atoms with van der Waals surface area (Å²) in [4.78, 5) is 2.60. The Labute approximate surface area is 121 Å². The monoisotopic (exact) mass is 278 g/mol. The molecule has 0 radical (unpaired) electrons. The molecule has 2 unspecified atom stereocenters. The van der Waals surface area contributed by atoms with E-state index in [-0.39, 0.29) is 0 Å². The van der Waals surface area contributed by atoms with E-state index in [9.17, 15) is 0 Å². The third-order valence-electron chi connectivity index (χ3n) is 4.61. The van der Waals surface area contributed by atoms with Crippen molar-refractivity contribution in [3.05, 3.63) is 28.8 Å². The number of anilines is 1. The molecule has 3 heteroatoms. The topological polar surface area (TPSA) is 15.3 Å². The summed E-state index contributed by atoms with van der Waals surface area (Å²) >= 11 is 6.43. The van der Waals surface area contributed by atoms with Gasteiger partial charge >= 0.3 is 0 Å². The van der Waals surface area contributed by atoms with E-state index in [2.05, 4.69) is 36.2 Å². The minimum atomic E-state index is 0.669. The number of nitrogens with zero attached hydrogens (tertiary/aromatic N) is 1. The highest BCUT2D eigenvalue weighted by Gasteiger charge is 2.41. The Kier molecular flexibility index (Phi) is 3.72. The molecule has 1 aromatic rings. The van der Waals surface area contributed by atoms with Crippen LogP contribution in [-0.4, -0.2) is 24.7 Å². The van der Waals surface area contributed by atoms with Gasteiger partial charge in [0.1, 0.15) is 0 Å². The van der Waals surface area contributed by atoms with Gasteiger partial charge in [-0.25, -0.2) is 0 Å². The van der Waals surface area contributed by atoms with Crippen LogP contribution in [0.2, 0.25) is 5.02 Å². The van der Waals surface area contributed by atoms with Gasteiger partial charge in [0.15, 0.2) is 0 Å². The van der Waals surface area contributed by atoms with Crippen LogP contribution in [0.1, 0.15) is 38.2 Å². The van der Waals surface area contributed by atoms with Gasteiger partial charge < -0.3 is 10.2 Å². The normalized spacial score (nSPS) is 29.8. The molecule has 104 valence electrons. The first-order valence-corrected chi connectivity index (χ1v) is 7.84. The molecule has 2 heterocycles. The predicted molar refractivity (Wildman–Crippen MR) is 82.2 cm³/mol. The predicted octanol–water partition coefficient (Wildman–Crippen LogP) is 3.76. The lowest BCUT2D eigenvalue weighted by Gasteiger charge is -2.41. The van der Waals surface area contributed by atoms with Gasteiger partial charge in [0.25, 0.3) is 0 Å². The van der Waals surface area contributed by atoms with E-state index < -0.39 is 0 Å². The fraction of sp³-hybridized carbons (Fsp3) is 0.625. The molecule has 0 saturated carbocycles. The molecule has 19 heavy (non-hydrogen) atoms. The Balaban J connectivity index is 1.85. The maximum absolute atomic E-state index is 6.43. The SMILES string of the molecule is CCNC1CC2CCC(C1)N2c1cc(C)ccc1Cl. The lowest BCUT2D eigenvalue weighted by atomic mass is 9.96. The van der Waals surface area contributed by atoms with Gasteiger partial charge in [-0.2, -0.15) is 0 Å². The highest BCUT2D eigenvalue weighted by Crippen LogP contribution is 2.42. The second-order valence-corrected chi connectivity index (χ2v) is 6.38. The standard InChI is InChI=1S/C16H23ClN2/c1-3-18-12-9-13-5-6-14(10-12)19(13)16-8-11(2)4-7-15(16)17/h4,7-8,12-14,18H,3,5-6,9-10H2,1-2H3. The quantitative estimate of drug-likeness (QED) is 0.906. The highest BCUT2D eigenvalue weighted by molar-refractivity contribution is 6.33. The Morgan fingerprint density at radius 2 is 1.95 bits per heavy atom. The van der Waals surface area contributed by atoms with Crippen molar-refractivity contribution in [1.29, 1.82) is 0 Å². The second-order valence-electron chi connectivity index (χ2n) is 5.97. The van der Waals surface area contributed by atoms with E-state index in [1.54, 1.807) is 0 Å². The van der Waals surface area contributed by atoms with Crippen molar-refractivity contribution in [2.75, 3.05) is 11.4 Å². The summed E-state index contributed by atoms with van der Waals surface area (Å²) in [6.07, 6.45) is 5.15.